The van der Waals surface area contributed by atoms with Crippen molar-refractivity contribution in [3.8, 4) is 6.07 Å². The van der Waals surface area contributed by atoms with Gasteiger partial charge in [0.15, 0.2) is 0 Å². The second kappa shape index (κ2) is 8.37. The molecule has 1 atom stereocenters. The lowest BCUT2D eigenvalue weighted by molar-refractivity contribution is -0.121. The summed E-state index contributed by atoms with van der Waals surface area (Å²) in [6.07, 6.45) is 4.86. The van der Waals surface area contributed by atoms with E-state index in [2.05, 4.69) is 28.3 Å². The number of nitriles is 1. The lowest BCUT2D eigenvalue weighted by atomic mass is 9.93. The Morgan fingerprint density at radius 1 is 1.46 bits per heavy atom. The number of benzene rings is 1. The predicted molar refractivity (Wildman–Crippen MR) is 104 cm³/mol. The fourth-order valence-electron chi connectivity index (χ4n) is 4.03. The van der Waals surface area contributed by atoms with Crippen molar-refractivity contribution in [3.05, 3.63) is 35.0 Å². The first-order valence-electron chi connectivity index (χ1n) is 9.53. The van der Waals surface area contributed by atoms with E-state index in [9.17, 15) is 4.79 Å². The Morgan fingerprint density at radius 3 is 3.08 bits per heavy atom. The highest BCUT2D eigenvalue weighted by molar-refractivity contribution is 5.86. The van der Waals surface area contributed by atoms with Crippen LogP contribution in [0.3, 0.4) is 0 Å². The van der Waals surface area contributed by atoms with E-state index >= 15 is 0 Å². The Hall–Kier alpha value is -2.32. The number of H-pyrrole nitrogens is 1. The minimum absolute atomic E-state index is 0.147. The van der Waals surface area contributed by atoms with E-state index in [0.717, 1.165) is 36.0 Å². The third-order valence-electron chi connectivity index (χ3n) is 5.45. The van der Waals surface area contributed by atoms with Gasteiger partial charge < -0.3 is 15.2 Å². The van der Waals surface area contributed by atoms with Gasteiger partial charge in [0.05, 0.1) is 11.6 Å². The second-order valence-corrected chi connectivity index (χ2v) is 7.51. The third-order valence-corrected chi connectivity index (χ3v) is 5.45. The number of carbonyl (C=O) groups excluding carboxylic acids is 1. The van der Waals surface area contributed by atoms with Crippen LogP contribution in [0.25, 0.3) is 10.9 Å². The number of aromatic nitrogens is 1. The average Bonchev–Trinajstić information content (AvgIpc) is 2.95. The average molecular weight is 352 g/mol. The van der Waals surface area contributed by atoms with E-state index in [1.165, 1.54) is 24.9 Å². The van der Waals surface area contributed by atoms with Gasteiger partial charge in [-0.25, -0.2) is 0 Å². The first-order valence-corrected chi connectivity index (χ1v) is 9.53. The SMILES string of the molecule is Cc1[nH]c2ccc(C#N)cc2c1CCNC(=O)CC[C@@H]1CCCN(C)C1. The molecular formula is C21H28N4O. The van der Waals surface area contributed by atoms with E-state index in [0.29, 0.717) is 24.4 Å². The number of amides is 1. The summed E-state index contributed by atoms with van der Waals surface area (Å²) >= 11 is 0. The van der Waals surface area contributed by atoms with Crippen molar-refractivity contribution in [1.82, 2.24) is 15.2 Å². The molecule has 1 aliphatic heterocycles. The molecule has 0 unspecified atom stereocenters. The van der Waals surface area contributed by atoms with E-state index < -0.39 is 0 Å². The smallest absolute Gasteiger partial charge is 0.220 e. The van der Waals surface area contributed by atoms with Crippen LogP contribution in [-0.4, -0.2) is 42.5 Å². The van der Waals surface area contributed by atoms with Crippen molar-refractivity contribution in [3.63, 3.8) is 0 Å². The molecule has 1 amide bonds. The molecule has 0 radical (unpaired) electrons. The van der Waals surface area contributed by atoms with Crippen molar-refractivity contribution in [2.24, 2.45) is 5.92 Å². The Bertz CT molecular complexity index is 817. The zero-order chi connectivity index (χ0) is 18.5. The molecule has 2 aromatic rings. The summed E-state index contributed by atoms with van der Waals surface area (Å²) in [5, 5.41) is 13.3. The van der Waals surface area contributed by atoms with Gasteiger partial charge in [-0.1, -0.05) is 0 Å². The summed E-state index contributed by atoms with van der Waals surface area (Å²) in [6, 6.07) is 7.89. The van der Waals surface area contributed by atoms with Crippen LogP contribution in [0.5, 0.6) is 0 Å². The van der Waals surface area contributed by atoms with Gasteiger partial charge in [-0.3, -0.25) is 4.79 Å². The largest absolute Gasteiger partial charge is 0.358 e. The molecule has 2 heterocycles. The number of piperidine rings is 1. The molecule has 1 saturated heterocycles. The molecule has 5 nitrogen and oxygen atoms in total. The van der Waals surface area contributed by atoms with Gasteiger partial charge in [0.1, 0.15) is 0 Å². The Morgan fingerprint density at radius 2 is 2.31 bits per heavy atom. The fraction of sp³-hybridized carbons (Fsp3) is 0.524. The minimum Gasteiger partial charge on any atom is -0.358 e. The molecule has 1 aromatic heterocycles. The minimum atomic E-state index is 0.147. The van der Waals surface area contributed by atoms with Crippen LogP contribution >= 0.6 is 0 Å². The summed E-state index contributed by atoms with van der Waals surface area (Å²) in [5.41, 5.74) is 4.00. The molecular weight excluding hydrogens is 324 g/mol. The van der Waals surface area contributed by atoms with Gasteiger partial charge >= 0.3 is 0 Å². The van der Waals surface area contributed by atoms with Crippen LogP contribution < -0.4 is 5.32 Å². The van der Waals surface area contributed by atoms with Gasteiger partial charge in [0.25, 0.3) is 0 Å². The topological polar surface area (TPSA) is 71.9 Å². The van der Waals surface area contributed by atoms with Crippen molar-refractivity contribution < 1.29 is 4.79 Å². The van der Waals surface area contributed by atoms with Crippen LogP contribution in [0.15, 0.2) is 18.2 Å². The van der Waals surface area contributed by atoms with Crippen LogP contribution in [-0.2, 0) is 11.2 Å². The zero-order valence-electron chi connectivity index (χ0n) is 15.8. The maximum Gasteiger partial charge on any atom is 0.220 e. The van der Waals surface area contributed by atoms with Crippen LogP contribution in [0.4, 0.5) is 0 Å². The molecule has 5 heteroatoms. The standard InChI is InChI=1S/C21H28N4O/c1-15-18(19-12-17(13-22)5-7-20(19)24-15)9-10-23-21(26)8-6-16-4-3-11-25(2)14-16/h5,7,12,16,24H,3-4,6,8-11,14H2,1-2H3,(H,23,26)/t16-/m0/s1. The molecule has 0 saturated carbocycles. The molecule has 0 bridgehead atoms. The molecule has 26 heavy (non-hydrogen) atoms. The molecule has 1 fully saturated rings. The van der Waals surface area contributed by atoms with Gasteiger partial charge in [0.2, 0.25) is 5.91 Å². The summed E-state index contributed by atoms with van der Waals surface area (Å²) in [7, 11) is 2.16. The fourth-order valence-corrected chi connectivity index (χ4v) is 4.03. The molecule has 138 valence electrons. The highest BCUT2D eigenvalue weighted by atomic mass is 16.1. The van der Waals surface area contributed by atoms with E-state index in [4.69, 9.17) is 5.26 Å². The van der Waals surface area contributed by atoms with Crippen molar-refractivity contribution >= 4 is 16.8 Å². The van der Waals surface area contributed by atoms with E-state index in [1.54, 1.807) is 0 Å². The number of nitrogens with one attached hydrogen (secondary N) is 2. The first kappa shape index (κ1) is 18.5. The van der Waals surface area contributed by atoms with E-state index in [1.807, 2.05) is 25.1 Å². The van der Waals surface area contributed by atoms with Gasteiger partial charge in [-0.15, -0.1) is 0 Å². The number of nitrogens with zero attached hydrogens (tertiary/aromatic N) is 2. The van der Waals surface area contributed by atoms with Crippen molar-refractivity contribution in [2.75, 3.05) is 26.7 Å². The third kappa shape index (κ3) is 4.44. The Kier molecular flexibility index (Phi) is 5.95. The van der Waals surface area contributed by atoms with Gasteiger partial charge in [-0.2, -0.15) is 5.26 Å². The highest BCUT2D eigenvalue weighted by Crippen LogP contribution is 2.24. The van der Waals surface area contributed by atoms with Crippen molar-refractivity contribution in [1.29, 1.82) is 5.26 Å². The normalized spacial score (nSPS) is 18.0. The lowest BCUT2D eigenvalue weighted by Crippen LogP contribution is -2.33. The number of rotatable bonds is 6. The van der Waals surface area contributed by atoms with Crippen LogP contribution in [0.2, 0.25) is 0 Å². The molecule has 1 aliphatic rings. The predicted octanol–water partition coefficient (Wildman–Crippen LogP) is 3.13. The molecule has 2 N–H and O–H groups in total. The quantitative estimate of drug-likeness (QED) is 0.839. The van der Waals surface area contributed by atoms with Crippen LogP contribution in [0.1, 0.15) is 42.5 Å². The van der Waals surface area contributed by atoms with E-state index in [-0.39, 0.29) is 5.91 Å². The molecule has 1 aromatic carbocycles. The second-order valence-electron chi connectivity index (χ2n) is 7.51. The highest BCUT2D eigenvalue weighted by Gasteiger charge is 2.18. The lowest BCUT2D eigenvalue weighted by Gasteiger charge is -2.29. The van der Waals surface area contributed by atoms with Gasteiger partial charge in [-0.05, 0) is 75.9 Å². The number of hydrogen-bond acceptors (Lipinski definition) is 3. The monoisotopic (exact) mass is 352 g/mol. The number of fused-ring (bicyclic) bond motifs is 1. The maximum absolute atomic E-state index is 12.2. The molecule has 0 aliphatic carbocycles. The maximum atomic E-state index is 12.2. The molecule has 0 spiro atoms. The molecule has 3 rings (SSSR count). The Labute approximate surface area is 155 Å². The summed E-state index contributed by atoms with van der Waals surface area (Å²) in [4.78, 5) is 17.9. The summed E-state index contributed by atoms with van der Waals surface area (Å²) < 4.78 is 0. The summed E-state index contributed by atoms with van der Waals surface area (Å²) in [5.74, 6) is 0.799. The Balaban J connectivity index is 1.50. The number of carbonyl (C=O) groups is 1. The number of aromatic amines is 1. The van der Waals surface area contributed by atoms with Gasteiger partial charge in [0, 0.05) is 36.1 Å². The summed E-state index contributed by atoms with van der Waals surface area (Å²) in [6.45, 7) is 4.97. The zero-order valence-corrected chi connectivity index (χ0v) is 15.8. The number of aryl methyl sites for hydroxylation is 1. The number of hydrogen-bond donors (Lipinski definition) is 2. The van der Waals surface area contributed by atoms with Crippen molar-refractivity contribution in [2.45, 2.75) is 39.0 Å². The first-order chi connectivity index (χ1) is 12.6. The number of likely N-dealkylation sites (tertiary alicyclic amines) is 1. The van der Waals surface area contributed by atoms with Crippen LogP contribution in [0, 0.1) is 24.2 Å².